The van der Waals surface area contributed by atoms with Crippen LogP contribution >= 0.6 is 0 Å². The Bertz CT molecular complexity index is 1060. The molecule has 2 N–H and O–H groups in total. The molecule has 1 amide bonds. The number of benzene rings is 1. The van der Waals surface area contributed by atoms with E-state index in [1.165, 1.54) is 6.07 Å². The molecule has 0 atom stereocenters. The van der Waals surface area contributed by atoms with E-state index in [2.05, 4.69) is 21.4 Å². The van der Waals surface area contributed by atoms with Gasteiger partial charge in [0.05, 0.1) is 13.2 Å². The minimum Gasteiger partial charge on any atom is -0.366 e. The van der Waals surface area contributed by atoms with Crippen LogP contribution in [0.1, 0.15) is 35.7 Å². The normalized spacial score (nSPS) is 15.5. The third-order valence-corrected chi connectivity index (χ3v) is 4.91. The van der Waals surface area contributed by atoms with Gasteiger partial charge >= 0.3 is 0 Å². The second-order valence-electron chi connectivity index (χ2n) is 7.18. The molecule has 0 radical (unpaired) electrons. The van der Waals surface area contributed by atoms with Gasteiger partial charge in [0, 0.05) is 29.7 Å². The highest BCUT2D eigenvalue weighted by Gasteiger charge is 2.32. The topological polar surface area (TPSA) is 89.0 Å². The monoisotopic (exact) mass is 366 g/mol. The number of nitrogens with zero attached hydrogens (tertiary/aromatic N) is 2. The number of carbonyl (C=O) groups excluding carboxylic acids is 1. The summed E-state index contributed by atoms with van der Waals surface area (Å²) in [5.41, 5.74) is 1.42. The van der Waals surface area contributed by atoms with Gasteiger partial charge in [0.2, 0.25) is 0 Å². The Morgan fingerprint density at radius 1 is 1.37 bits per heavy atom. The van der Waals surface area contributed by atoms with E-state index < -0.39 is 5.60 Å². The SMILES string of the molecule is CC1(C)OCCn2c1nc(C(=O)NCCc1c[nH]c3ccccc13)cc2=O. The van der Waals surface area contributed by atoms with Crippen molar-refractivity contribution >= 4 is 16.8 Å². The van der Waals surface area contributed by atoms with Gasteiger partial charge in [0.25, 0.3) is 11.5 Å². The summed E-state index contributed by atoms with van der Waals surface area (Å²) in [5.74, 6) is 0.139. The summed E-state index contributed by atoms with van der Waals surface area (Å²) in [7, 11) is 0. The van der Waals surface area contributed by atoms with Crippen molar-refractivity contribution < 1.29 is 9.53 Å². The number of amides is 1. The van der Waals surface area contributed by atoms with E-state index in [1.54, 1.807) is 4.57 Å². The smallest absolute Gasteiger partial charge is 0.270 e. The van der Waals surface area contributed by atoms with Gasteiger partial charge in [-0.2, -0.15) is 0 Å². The second-order valence-corrected chi connectivity index (χ2v) is 7.18. The van der Waals surface area contributed by atoms with E-state index in [4.69, 9.17) is 4.74 Å². The van der Waals surface area contributed by atoms with Gasteiger partial charge < -0.3 is 15.0 Å². The van der Waals surface area contributed by atoms with Crippen molar-refractivity contribution in [2.24, 2.45) is 0 Å². The van der Waals surface area contributed by atoms with Crippen LogP contribution in [0, 0.1) is 0 Å². The first kappa shape index (κ1) is 17.5. The zero-order valence-electron chi connectivity index (χ0n) is 15.4. The van der Waals surface area contributed by atoms with Crippen molar-refractivity contribution in [2.45, 2.75) is 32.4 Å². The number of rotatable bonds is 4. The van der Waals surface area contributed by atoms with Gasteiger partial charge in [-0.25, -0.2) is 4.98 Å². The molecule has 0 spiro atoms. The molecular weight excluding hydrogens is 344 g/mol. The fraction of sp³-hybridized carbons (Fsp3) is 0.350. The minimum atomic E-state index is -0.697. The van der Waals surface area contributed by atoms with E-state index >= 15 is 0 Å². The molecule has 3 aromatic rings. The first-order valence-electron chi connectivity index (χ1n) is 9.05. The van der Waals surface area contributed by atoms with Crippen LogP contribution in [-0.2, 0) is 23.3 Å². The summed E-state index contributed by atoms with van der Waals surface area (Å²) < 4.78 is 7.27. The van der Waals surface area contributed by atoms with Crippen LogP contribution in [0.15, 0.2) is 41.3 Å². The Hall–Kier alpha value is -2.93. The summed E-state index contributed by atoms with van der Waals surface area (Å²) in [4.78, 5) is 32.5. The van der Waals surface area contributed by atoms with Crippen LogP contribution in [0.4, 0.5) is 0 Å². The van der Waals surface area contributed by atoms with Crippen LogP contribution < -0.4 is 10.9 Å². The first-order chi connectivity index (χ1) is 13.0. The Morgan fingerprint density at radius 3 is 3.04 bits per heavy atom. The number of nitrogens with one attached hydrogen (secondary N) is 2. The molecule has 0 bridgehead atoms. The van der Waals surface area contributed by atoms with E-state index in [-0.39, 0.29) is 17.2 Å². The lowest BCUT2D eigenvalue weighted by molar-refractivity contribution is -0.0564. The van der Waals surface area contributed by atoms with Gasteiger partial charge in [0.15, 0.2) is 0 Å². The fourth-order valence-corrected chi connectivity index (χ4v) is 3.49. The van der Waals surface area contributed by atoms with Crippen molar-refractivity contribution in [1.29, 1.82) is 0 Å². The fourth-order valence-electron chi connectivity index (χ4n) is 3.49. The predicted molar refractivity (Wildman–Crippen MR) is 102 cm³/mol. The minimum absolute atomic E-state index is 0.128. The van der Waals surface area contributed by atoms with Gasteiger partial charge in [-0.1, -0.05) is 18.2 Å². The maximum absolute atomic E-state index is 12.5. The molecule has 7 nitrogen and oxygen atoms in total. The number of hydrogen-bond donors (Lipinski definition) is 2. The zero-order chi connectivity index (χ0) is 19.0. The predicted octanol–water partition coefficient (Wildman–Crippen LogP) is 1.96. The molecule has 0 aliphatic carbocycles. The number of hydrogen-bond acceptors (Lipinski definition) is 4. The standard InChI is InChI=1S/C20H22N4O3/c1-20(2)19-23-16(11-17(25)24(19)9-10-27-20)18(26)21-8-7-13-12-22-15-6-4-3-5-14(13)15/h3-6,11-12,22H,7-10H2,1-2H3,(H,21,26). The Balaban J connectivity index is 1.49. The number of H-pyrrole nitrogens is 1. The molecule has 0 unspecified atom stereocenters. The lowest BCUT2D eigenvalue weighted by atomic mass is 10.1. The van der Waals surface area contributed by atoms with Crippen LogP contribution in [0.25, 0.3) is 10.9 Å². The van der Waals surface area contributed by atoms with Crippen molar-refractivity contribution in [2.75, 3.05) is 13.2 Å². The number of aromatic nitrogens is 3. The van der Waals surface area contributed by atoms with Gasteiger partial charge in [0.1, 0.15) is 17.1 Å². The van der Waals surface area contributed by atoms with Crippen LogP contribution in [-0.4, -0.2) is 33.6 Å². The van der Waals surface area contributed by atoms with E-state index in [9.17, 15) is 9.59 Å². The van der Waals surface area contributed by atoms with Crippen molar-refractivity contribution in [3.8, 4) is 0 Å². The summed E-state index contributed by atoms with van der Waals surface area (Å²) in [5, 5.41) is 4.01. The summed E-state index contributed by atoms with van der Waals surface area (Å²) in [6.45, 7) is 5.07. The molecule has 1 aliphatic heterocycles. The molecule has 1 aromatic carbocycles. The highest BCUT2D eigenvalue weighted by Crippen LogP contribution is 2.25. The van der Waals surface area contributed by atoms with Gasteiger partial charge in [-0.15, -0.1) is 0 Å². The molecule has 0 saturated carbocycles. The highest BCUT2D eigenvalue weighted by molar-refractivity contribution is 5.92. The maximum atomic E-state index is 12.5. The number of aromatic amines is 1. The van der Waals surface area contributed by atoms with Crippen LogP contribution in [0.3, 0.4) is 0 Å². The number of ether oxygens (including phenoxy) is 1. The highest BCUT2D eigenvalue weighted by atomic mass is 16.5. The summed E-state index contributed by atoms with van der Waals surface area (Å²) in [6, 6.07) is 9.34. The summed E-state index contributed by atoms with van der Waals surface area (Å²) >= 11 is 0. The lowest BCUT2D eigenvalue weighted by Gasteiger charge is -2.32. The lowest BCUT2D eigenvalue weighted by Crippen LogP contribution is -2.42. The van der Waals surface area contributed by atoms with Gasteiger partial charge in [-0.05, 0) is 31.9 Å². The van der Waals surface area contributed by atoms with Crippen molar-refractivity contribution in [3.05, 3.63) is 64.0 Å². The van der Waals surface area contributed by atoms with E-state index in [0.29, 0.717) is 31.9 Å². The molecular formula is C20H22N4O3. The second kappa shape index (κ2) is 6.66. The molecule has 1 aliphatic rings. The van der Waals surface area contributed by atoms with Crippen LogP contribution in [0.5, 0.6) is 0 Å². The Morgan fingerprint density at radius 2 is 2.19 bits per heavy atom. The third kappa shape index (κ3) is 3.26. The number of fused-ring (bicyclic) bond motifs is 2. The maximum Gasteiger partial charge on any atom is 0.270 e. The number of carbonyl (C=O) groups is 1. The van der Waals surface area contributed by atoms with Crippen LogP contribution in [0.2, 0.25) is 0 Å². The molecule has 140 valence electrons. The molecule has 7 heteroatoms. The quantitative estimate of drug-likeness (QED) is 0.739. The molecule has 27 heavy (non-hydrogen) atoms. The van der Waals surface area contributed by atoms with Crippen molar-refractivity contribution in [1.82, 2.24) is 19.9 Å². The van der Waals surface area contributed by atoms with E-state index in [0.717, 1.165) is 16.5 Å². The average Bonchev–Trinajstić information content (AvgIpc) is 3.05. The number of para-hydroxylation sites is 1. The molecule has 2 aromatic heterocycles. The Kier molecular flexibility index (Phi) is 4.31. The molecule has 0 saturated heterocycles. The summed E-state index contributed by atoms with van der Waals surface area (Å²) in [6.07, 6.45) is 2.65. The molecule has 0 fully saturated rings. The van der Waals surface area contributed by atoms with Gasteiger partial charge in [-0.3, -0.25) is 14.2 Å². The van der Waals surface area contributed by atoms with Crippen molar-refractivity contribution in [3.63, 3.8) is 0 Å². The molecule has 3 heterocycles. The zero-order valence-corrected chi connectivity index (χ0v) is 15.4. The first-order valence-corrected chi connectivity index (χ1v) is 9.05. The molecule has 4 rings (SSSR count). The average molecular weight is 366 g/mol. The third-order valence-electron chi connectivity index (χ3n) is 4.91. The largest absolute Gasteiger partial charge is 0.366 e. The Labute approximate surface area is 156 Å². The van der Waals surface area contributed by atoms with E-state index in [1.807, 2.05) is 38.2 Å².